The molecule has 1 aromatic carbocycles. The predicted octanol–water partition coefficient (Wildman–Crippen LogP) is 3.58. The van der Waals surface area contributed by atoms with Gasteiger partial charge in [-0.05, 0) is 24.3 Å². The van der Waals surface area contributed by atoms with Gasteiger partial charge in [-0.15, -0.1) is 0 Å². The van der Waals surface area contributed by atoms with Crippen LogP contribution in [0.1, 0.15) is 10.6 Å². The number of H-pyrrole nitrogens is 1. The summed E-state index contributed by atoms with van der Waals surface area (Å²) in [6.07, 6.45) is 3.19. The highest BCUT2D eigenvalue weighted by Gasteiger charge is 2.13. The molecule has 2 N–H and O–H groups in total. The van der Waals surface area contributed by atoms with Crippen molar-refractivity contribution in [3.8, 4) is 22.8 Å². The summed E-state index contributed by atoms with van der Waals surface area (Å²) in [6, 6.07) is 12.9. The highest BCUT2D eigenvalue weighted by Crippen LogP contribution is 2.25. The summed E-state index contributed by atoms with van der Waals surface area (Å²) in [4.78, 5) is 22.9. The molecule has 0 aliphatic heterocycles. The van der Waals surface area contributed by atoms with E-state index in [4.69, 9.17) is 9.52 Å². The summed E-state index contributed by atoms with van der Waals surface area (Å²) >= 11 is 0. The number of aromatic amines is 1. The first-order chi connectivity index (χ1) is 11.2. The van der Waals surface area contributed by atoms with Crippen LogP contribution in [-0.2, 0) is 0 Å². The van der Waals surface area contributed by atoms with Gasteiger partial charge in [0.15, 0.2) is 5.76 Å². The van der Waals surface area contributed by atoms with Crippen molar-refractivity contribution in [2.75, 3.05) is 0 Å². The fraction of sp³-hybridized carbons (Fsp3) is 0. The van der Waals surface area contributed by atoms with E-state index in [1.807, 2.05) is 30.3 Å². The number of aromatic carboxylic acids is 1. The van der Waals surface area contributed by atoms with E-state index in [1.165, 1.54) is 12.3 Å². The lowest BCUT2D eigenvalue weighted by atomic mass is 10.2. The molecule has 0 saturated carbocycles. The molecule has 0 spiro atoms. The Morgan fingerprint density at radius 2 is 1.91 bits per heavy atom. The number of hydrogen-bond acceptors (Lipinski definition) is 4. The van der Waals surface area contributed by atoms with Crippen molar-refractivity contribution in [2.24, 2.45) is 0 Å². The standard InChI is InChI=1S/C17H11N3O3/c21-17(22)16-6-5-15(23-16)14-9-18-8-13(20-14)12-7-10-3-1-2-4-11(10)19-12/h1-9,19H,(H,21,22). The Morgan fingerprint density at radius 3 is 2.70 bits per heavy atom. The molecule has 3 heterocycles. The first-order valence-corrected chi connectivity index (χ1v) is 6.94. The average molecular weight is 305 g/mol. The number of carboxylic acid groups (broad SMARTS) is 1. The van der Waals surface area contributed by atoms with Crippen molar-refractivity contribution in [3.05, 3.63) is 60.6 Å². The van der Waals surface area contributed by atoms with E-state index in [9.17, 15) is 4.79 Å². The third kappa shape index (κ3) is 2.36. The van der Waals surface area contributed by atoms with Crippen molar-refractivity contribution < 1.29 is 14.3 Å². The molecule has 112 valence electrons. The maximum atomic E-state index is 10.9. The quantitative estimate of drug-likeness (QED) is 0.603. The Bertz CT molecular complexity index is 984. The maximum Gasteiger partial charge on any atom is 0.371 e. The summed E-state index contributed by atoms with van der Waals surface area (Å²) in [5.74, 6) is -0.873. The van der Waals surface area contributed by atoms with Gasteiger partial charge in [0.1, 0.15) is 11.4 Å². The van der Waals surface area contributed by atoms with E-state index in [0.717, 1.165) is 16.6 Å². The van der Waals surface area contributed by atoms with E-state index in [0.29, 0.717) is 17.1 Å². The number of fused-ring (bicyclic) bond motifs is 1. The lowest BCUT2D eigenvalue weighted by molar-refractivity contribution is 0.0663. The van der Waals surface area contributed by atoms with Crippen molar-refractivity contribution in [2.45, 2.75) is 0 Å². The summed E-state index contributed by atoms with van der Waals surface area (Å²) in [7, 11) is 0. The molecule has 0 unspecified atom stereocenters. The zero-order valence-electron chi connectivity index (χ0n) is 11.9. The molecular weight excluding hydrogens is 294 g/mol. The van der Waals surface area contributed by atoms with Gasteiger partial charge in [0.25, 0.3) is 0 Å². The largest absolute Gasteiger partial charge is 0.475 e. The summed E-state index contributed by atoms with van der Waals surface area (Å²) < 4.78 is 5.27. The second kappa shape index (κ2) is 5.10. The molecule has 23 heavy (non-hydrogen) atoms. The average Bonchev–Trinajstić information content (AvgIpc) is 3.22. The number of para-hydroxylation sites is 1. The second-order valence-corrected chi connectivity index (χ2v) is 5.03. The monoisotopic (exact) mass is 305 g/mol. The minimum absolute atomic E-state index is 0.127. The summed E-state index contributed by atoms with van der Waals surface area (Å²) in [6.45, 7) is 0. The predicted molar refractivity (Wildman–Crippen MR) is 84.0 cm³/mol. The minimum Gasteiger partial charge on any atom is -0.475 e. The number of nitrogens with one attached hydrogen (secondary N) is 1. The van der Waals surface area contributed by atoms with Gasteiger partial charge in [0.05, 0.1) is 18.1 Å². The Morgan fingerprint density at radius 1 is 1.09 bits per heavy atom. The number of furan rings is 1. The third-order valence-corrected chi connectivity index (χ3v) is 3.51. The molecule has 0 atom stereocenters. The number of hydrogen-bond donors (Lipinski definition) is 2. The number of nitrogens with zero attached hydrogens (tertiary/aromatic N) is 2. The van der Waals surface area contributed by atoms with Crippen molar-refractivity contribution in [3.63, 3.8) is 0 Å². The van der Waals surface area contributed by atoms with Crippen LogP contribution in [0.2, 0.25) is 0 Å². The Hall–Kier alpha value is -3.41. The molecule has 0 bridgehead atoms. The molecule has 3 aromatic heterocycles. The summed E-state index contributed by atoms with van der Waals surface area (Å²) in [5, 5.41) is 10.0. The Kier molecular flexibility index (Phi) is 2.94. The van der Waals surface area contributed by atoms with Crippen molar-refractivity contribution in [1.82, 2.24) is 15.0 Å². The molecule has 6 nitrogen and oxygen atoms in total. The highest BCUT2D eigenvalue weighted by molar-refractivity contribution is 5.86. The molecule has 0 fully saturated rings. The molecule has 0 radical (unpaired) electrons. The van der Waals surface area contributed by atoms with E-state index in [-0.39, 0.29) is 5.76 Å². The normalized spacial score (nSPS) is 11.0. The van der Waals surface area contributed by atoms with Gasteiger partial charge in [-0.1, -0.05) is 18.2 Å². The maximum absolute atomic E-state index is 10.9. The smallest absolute Gasteiger partial charge is 0.371 e. The Balaban J connectivity index is 1.77. The first kappa shape index (κ1) is 13.3. The van der Waals surface area contributed by atoms with Gasteiger partial charge < -0.3 is 14.5 Å². The number of benzene rings is 1. The molecule has 4 rings (SSSR count). The van der Waals surface area contributed by atoms with Gasteiger partial charge >= 0.3 is 5.97 Å². The molecule has 0 amide bonds. The van der Waals surface area contributed by atoms with Crippen LogP contribution >= 0.6 is 0 Å². The van der Waals surface area contributed by atoms with E-state index >= 15 is 0 Å². The van der Waals surface area contributed by atoms with Crippen LogP contribution in [-0.4, -0.2) is 26.0 Å². The molecule has 0 aliphatic carbocycles. The third-order valence-electron chi connectivity index (χ3n) is 3.51. The molecule has 6 heteroatoms. The minimum atomic E-state index is -1.11. The van der Waals surface area contributed by atoms with E-state index in [2.05, 4.69) is 15.0 Å². The SMILES string of the molecule is O=C(O)c1ccc(-c2cncc(-c3cc4ccccc4[nH]3)n2)o1. The van der Waals surface area contributed by atoms with Crippen molar-refractivity contribution >= 4 is 16.9 Å². The van der Waals surface area contributed by atoms with Gasteiger partial charge in [-0.25, -0.2) is 9.78 Å². The highest BCUT2D eigenvalue weighted by atomic mass is 16.4. The fourth-order valence-electron chi connectivity index (χ4n) is 2.42. The zero-order chi connectivity index (χ0) is 15.8. The summed E-state index contributed by atoms with van der Waals surface area (Å²) in [5.41, 5.74) is 2.99. The lowest BCUT2D eigenvalue weighted by Crippen LogP contribution is -1.92. The van der Waals surface area contributed by atoms with Crippen LogP contribution in [0.5, 0.6) is 0 Å². The number of aromatic nitrogens is 3. The zero-order valence-corrected chi connectivity index (χ0v) is 11.9. The fourth-order valence-corrected chi connectivity index (χ4v) is 2.42. The second-order valence-electron chi connectivity index (χ2n) is 5.03. The van der Waals surface area contributed by atoms with Crippen LogP contribution in [0.4, 0.5) is 0 Å². The van der Waals surface area contributed by atoms with Crippen LogP contribution in [0, 0.1) is 0 Å². The van der Waals surface area contributed by atoms with Crippen LogP contribution in [0.15, 0.2) is 59.3 Å². The molecule has 0 saturated heterocycles. The molecule has 0 aliphatic rings. The van der Waals surface area contributed by atoms with Gasteiger partial charge in [-0.2, -0.15) is 0 Å². The topological polar surface area (TPSA) is 92.0 Å². The van der Waals surface area contributed by atoms with Crippen molar-refractivity contribution in [1.29, 1.82) is 0 Å². The van der Waals surface area contributed by atoms with E-state index < -0.39 is 5.97 Å². The first-order valence-electron chi connectivity index (χ1n) is 6.94. The van der Waals surface area contributed by atoms with Gasteiger partial charge in [-0.3, -0.25) is 4.98 Å². The van der Waals surface area contributed by atoms with Crippen LogP contribution < -0.4 is 0 Å². The van der Waals surface area contributed by atoms with Crippen LogP contribution in [0.3, 0.4) is 0 Å². The number of rotatable bonds is 3. The molecular formula is C17H11N3O3. The Labute approximate surface area is 130 Å². The van der Waals surface area contributed by atoms with Gasteiger partial charge in [0.2, 0.25) is 5.76 Å². The lowest BCUT2D eigenvalue weighted by Gasteiger charge is -2.00. The molecule has 4 aromatic rings. The van der Waals surface area contributed by atoms with Crippen LogP contribution in [0.25, 0.3) is 33.7 Å². The number of carbonyl (C=O) groups is 1. The number of carboxylic acids is 1. The van der Waals surface area contributed by atoms with E-state index in [1.54, 1.807) is 12.3 Å². The van der Waals surface area contributed by atoms with Gasteiger partial charge in [0, 0.05) is 10.9 Å².